The number of rotatable bonds is 3. The Labute approximate surface area is 83.3 Å². The van der Waals surface area contributed by atoms with Crippen molar-refractivity contribution in [3.05, 3.63) is 11.4 Å². The summed E-state index contributed by atoms with van der Waals surface area (Å²) in [6.45, 7) is 4.41. The lowest BCUT2D eigenvalue weighted by atomic mass is 10.2. The molecule has 0 spiro atoms. The first-order chi connectivity index (χ1) is 6.61. The first-order valence-corrected chi connectivity index (χ1v) is 4.71. The summed E-state index contributed by atoms with van der Waals surface area (Å²) in [5.74, 6) is -0.167. The molecule has 78 valence electrons. The smallest absolute Gasteiger partial charge is 0.271 e. The summed E-state index contributed by atoms with van der Waals surface area (Å²) in [6, 6.07) is 0. The molecule has 0 atom stereocenters. The van der Waals surface area contributed by atoms with Gasteiger partial charge in [0.05, 0.1) is 11.4 Å². The third kappa shape index (κ3) is 1.71. The molecule has 0 aliphatic rings. The van der Waals surface area contributed by atoms with Crippen LogP contribution in [0.3, 0.4) is 0 Å². The second kappa shape index (κ2) is 4.13. The van der Waals surface area contributed by atoms with Crippen molar-refractivity contribution in [3.8, 4) is 0 Å². The van der Waals surface area contributed by atoms with Crippen LogP contribution < -0.4 is 11.1 Å². The standard InChI is InChI=1S/C9H16N4O/c1-4-6-7(10)8(13(3)12-6)9(14)11-5-2/h4-5,10H2,1-3H3,(H,11,14). The highest BCUT2D eigenvalue weighted by Crippen LogP contribution is 2.16. The fourth-order valence-electron chi connectivity index (χ4n) is 1.37. The van der Waals surface area contributed by atoms with Crippen LogP contribution in [-0.4, -0.2) is 22.2 Å². The lowest BCUT2D eigenvalue weighted by molar-refractivity contribution is 0.0947. The van der Waals surface area contributed by atoms with Crippen LogP contribution in [0.4, 0.5) is 5.69 Å². The van der Waals surface area contributed by atoms with E-state index < -0.39 is 0 Å². The average molecular weight is 196 g/mol. The maximum atomic E-state index is 11.6. The molecule has 1 heterocycles. The third-order valence-corrected chi connectivity index (χ3v) is 2.05. The second-order valence-electron chi connectivity index (χ2n) is 3.05. The summed E-state index contributed by atoms with van der Waals surface area (Å²) in [5.41, 5.74) is 7.51. The van der Waals surface area contributed by atoms with E-state index in [4.69, 9.17) is 5.73 Å². The van der Waals surface area contributed by atoms with Gasteiger partial charge in [0.15, 0.2) is 0 Å². The fourth-order valence-corrected chi connectivity index (χ4v) is 1.37. The Balaban J connectivity index is 3.07. The number of aryl methyl sites for hydroxylation is 2. The van der Waals surface area contributed by atoms with Crippen molar-refractivity contribution in [3.63, 3.8) is 0 Å². The molecular formula is C9H16N4O. The number of anilines is 1. The highest BCUT2D eigenvalue weighted by atomic mass is 16.2. The topological polar surface area (TPSA) is 72.9 Å². The molecule has 5 nitrogen and oxygen atoms in total. The van der Waals surface area contributed by atoms with Gasteiger partial charge in [0.1, 0.15) is 5.69 Å². The summed E-state index contributed by atoms with van der Waals surface area (Å²) in [6.07, 6.45) is 0.735. The van der Waals surface area contributed by atoms with Crippen molar-refractivity contribution in [1.82, 2.24) is 15.1 Å². The number of nitrogens with zero attached hydrogens (tertiary/aromatic N) is 2. The van der Waals surface area contributed by atoms with Gasteiger partial charge in [-0.1, -0.05) is 6.92 Å². The quantitative estimate of drug-likeness (QED) is 0.731. The van der Waals surface area contributed by atoms with E-state index in [-0.39, 0.29) is 5.91 Å². The van der Waals surface area contributed by atoms with E-state index >= 15 is 0 Å². The van der Waals surface area contributed by atoms with Gasteiger partial charge in [-0.3, -0.25) is 9.48 Å². The van der Waals surface area contributed by atoms with Crippen molar-refractivity contribution in [2.45, 2.75) is 20.3 Å². The van der Waals surface area contributed by atoms with Crippen LogP contribution in [0.2, 0.25) is 0 Å². The molecule has 0 aliphatic carbocycles. The number of amides is 1. The largest absolute Gasteiger partial charge is 0.395 e. The summed E-state index contributed by atoms with van der Waals surface area (Å²) >= 11 is 0. The summed E-state index contributed by atoms with van der Waals surface area (Å²) in [4.78, 5) is 11.6. The minimum absolute atomic E-state index is 0.167. The molecule has 1 rings (SSSR count). The summed E-state index contributed by atoms with van der Waals surface area (Å²) in [7, 11) is 1.72. The van der Waals surface area contributed by atoms with Crippen molar-refractivity contribution in [2.75, 3.05) is 12.3 Å². The van der Waals surface area contributed by atoms with Crippen molar-refractivity contribution >= 4 is 11.6 Å². The lowest BCUT2D eigenvalue weighted by Crippen LogP contribution is -2.25. The molecule has 5 heteroatoms. The Morgan fingerprint density at radius 2 is 2.21 bits per heavy atom. The van der Waals surface area contributed by atoms with Crippen LogP contribution in [0.15, 0.2) is 0 Å². The molecular weight excluding hydrogens is 180 g/mol. The highest BCUT2D eigenvalue weighted by Gasteiger charge is 2.17. The van der Waals surface area contributed by atoms with Gasteiger partial charge in [0.25, 0.3) is 5.91 Å². The lowest BCUT2D eigenvalue weighted by Gasteiger charge is -2.02. The molecule has 0 bridgehead atoms. The second-order valence-corrected chi connectivity index (χ2v) is 3.05. The molecule has 14 heavy (non-hydrogen) atoms. The number of hydrogen-bond acceptors (Lipinski definition) is 3. The van der Waals surface area contributed by atoms with Crippen LogP contribution in [0.1, 0.15) is 30.0 Å². The maximum absolute atomic E-state index is 11.6. The highest BCUT2D eigenvalue weighted by molar-refractivity contribution is 5.97. The Morgan fingerprint density at radius 1 is 1.57 bits per heavy atom. The first kappa shape index (κ1) is 10.6. The maximum Gasteiger partial charge on any atom is 0.271 e. The minimum Gasteiger partial charge on any atom is -0.395 e. The van der Waals surface area contributed by atoms with Gasteiger partial charge in [0, 0.05) is 13.6 Å². The average Bonchev–Trinajstić information content (AvgIpc) is 2.41. The zero-order valence-corrected chi connectivity index (χ0v) is 8.79. The number of carbonyl (C=O) groups excluding carboxylic acids is 1. The molecule has 1 amide bonds. The summed E-state index contributed by atoms with van der Waals surface area (Å²) < 4.78 is 1.53. The van der Waals surface area contributed by atoms with Crippen LogP contribution in [0.5, 0.6) is 0 Å². The van der Waals surface area contributed by atoms with E-state index in [1.165, 1.54) is 4.68 Å². The van der Waals surface area contributed by atoms with Gasteiger partial charge >= 0.3 is 0 Å². The number of nitrogens with one attached hydrogen (secondary N) is 1. The van der Waals surface area contributed by atoms with Crippen LogP contribution in [0, 0.1) is 0 Å². The predicted octanol–water partition coefficient (Wildman–Crippen LogP) is 0.314. The fraction of sp³-hybridized carbons (Fsp3) is 0.556. The van der Waals surface area contributed by atoms with E-state index in [0.717, 1.165) is 12.1 Å². The van der Waals surface area contributed by atoms with E-state index in [2.05, 4.69) is 10.4 Å². The van der Waals surface area contributed by atoms with Crippen LogP contribution in [0.25, 0.3) is 0 Å². The van der Waals surface area contributed by atoms with Crippen molar-refractivity contribution < 1.29 is 4.79 Å². The number of carbonyl (C=O) groups is 1. The van der Waals surface area contributed by atoms with E-state index in [0.29, 0.717) is 17.9 Å². The van der Waals surface area contributed by atoms with Gasteiger partial charge in [-0.2, -0.15) is 5.10 Å². The van der Waals surface area contributed by atoms with Gasteiger partial charge in [-0.25, -0.2) is 0 Å². The molecule has 0 radical (unpaired) electrons. The molecule has 0 saturated carbocycles. The molecule has 0 aromatic carbocycles. The first-order valence-electron chi connectivity index (χ1n) is 4.71. The third-order valence-electron chi connectivity index (χ3n) is 2.05. The van der Waals surface area contributed by atoms with Gasteiger partial charge in [-0.15, -0.1) is 0 Å². The molecule has 1 aromatic heterocycles. The Hall–Kier alpha value is -1.52. The molecule has 0 saturated heterocycles. The number of nitrogen functional groups attached to an aromatic ring is 1. The van der Waals surface area contributed by atoms with E-state index in [9.17, 15) is 4.79 Å². The van der Waals surface area contributed by atoms with Gasteiger partial charge < -0.3 is 11.1 Å². The Bertz CT molecular complexity index is 343. The molecule has 3 N–H and O–H groups in total. The van der Waals surface area contributed by atoms with Crippen LogP contribution >= 0.6 is 0 Å². The molecule has 0 fully saturated rings. The SMILES string of the molecule is CCNC(=O)c1c(N)c(CC)nn1C. The molecule has 0 unspecified atom stereocenters. The zero-order valence-electron chi connectivity index (χ0n) is 8.79. The Morgan fingerprint density at radius 3 is 2.64 bits per heavy atom. The monoisotopic (exact) mass is 196 g/mol. The van der Waals surface area contributed by atoms with E-state index in [1.54, 1.807) is 7.05 Å². The van der Waals surface area contributed by atoms with E-state index in [1.807, 2.05) is 13.8 Å². The number of nitrogens with two attached hydrogens (primary N) is 1. The van der Waals surface area contributed by atoms with Crippen LogP contribution in [-0.2, 0) is 13.5 Å². The zero-order chi connectivity index (χ0) is 10.7. The minimum atomic E-state index is -0.167. The number of hydrogen-bond donors (Lipinski definition) is 2. The van der Waals surface area contributed by atoms with Crippen molar-refractivity contribution in [2.24, 2.45) is 7.05 Å². The Kier molecular flexibility index (Phi) is 3.11. The molecule has 0 aliphatic heterocycles. The van der Waals surface area contributed by atoms with Gasteiger partial charge in [0.2, 0.25) is 0 Å². The van der Waals surface area contributed by atoms with Gasteiger partial charge in [-0.05, 0) is 13.3 Å². The molecule has 1 aromatic rings. The normalized spacial score (nSPS) is 10.2. The predicted molar refractivity (Wildman–Crippen MR) is 55.0 cm³/mol. The van der Waals surface area contributed by atoms with Crippen molar-refractivity contribution in [1.29, 1.82) is 0 Å². The number of aromatic nitrogens is 2. The summed E-state index contributed by atoms with van der Waals surface area (Å²) in [5, 5.41) is 6.86.